The van der Waals surface area contributed by atoms with Crippen molar-refractivity contribution in [2.75, 3.05) is 33.2 Å². The smallest absolute Gasteiger partial charge is 0.236 e. The standard InChI is InChI=1S/C16H33N3O/c1-5-13-8-9-14(11-17)15(10-13)18(4)12-16(20)19(6-2)7-3/h13-15H,5-12,17H2,1-4H3. The van der Waals surface area contributed by atoms with Crippen LogP contribution in [-0.2, 0) is 4.79 Å². The minimum atomic E-state index is 0.242. The lowest BCUT2D eigenvalue weighted by Gasteiger charge is -2.41. The molecule has 20 heavy (non-hydrogen) atoms. The summed E-state index contributed by atoms with van der Waals surface area (Å²) in [7, 11) is 2.09. The summed E-state index contributed by atoms with van der Waals surface area (Å²) in [6, 6.07) is 0.471. The van der Waals surface area contributed by atoms with Gasteiger partial charge in [0.05, 0.1) is 6.54 Å². The van der Waals surface area contributed by atoms with E-state index in [0.29, 0.717) is 18.5 Å². The SMILES string of the molecule is CCC1CCC(CN)C(N(C)CC(=O)N(CC)CC)C1. The fraction of sp³-hybridized carbons (Fsp3) is 0.938. The predicted octanol–water partition coefficient (Wildman–Crippen LogP) is 1.94. The molecule has 1 fully saturated rings. The Morgan fingerprint density at radius 1 is 1.20 bits per heavy atom. The summed E-state index contributed by atoms with van der Waals surface area (Å²) < 4.78 is 0. The highest BCUT2D eigenvalue weighted by Gasteiger charge is 2.32. The van der Waals surface area contributed by atoms with Crippen LogP contribution in [0.3, 0.4) is 0 Å². The van der Waals surface area contributed by atoms with Crippen LogP contribution in [0, 0.1) is 11.8 Å². The van der Waals surface area contributed by atoms with Gasteiger partial charge in [0, 0.05) is 19.1 Å². The summed E-state index contributed by atoms with van der Waals surface area (Å²) >= 11 is 0. The first-order valence-electron chi connectivity index (χ1n) is 8.25. The topological polar surface area (TPSA) is 49.6 Å². The number of hydrogen-bond donors (Lipinski definition) is 1. The van der Waals surface area contributed by atoms with Crippen molar-refractivity contribution in [3.63, 3.8) is 0 Å². The highest BCUT2D eigenvalue weighted by atomic mass is 16.2. The Labute approximate surface area is 124 Å². The van der Waals surface area contributed by atoms with Crippen molar-refractivity contribution < 1.29 is 4.79 Å². The van der Waals surface area contributed by atoms with Crippen molar-refractivity contribution in [3.05, 3.63) is 0 Å². The van der Waals surface area contributed by atoms with Crippen LogP contribution in [0.15, 0.2) is 0 Å². The highest BCUT2D eigenvalue weighted by molar-refractivity contribution is 5.78. The largest absolute Gasteiger partial charge is 0.342 e. The fourth-order valence-electron chi connectivity index (χ4n) is 3.49. The number of carbonyl (C=O) groups is 1. The Morgan fingerprint density at radius 2 is 1.85 bits per heavy atom. The lowest BCUT2D eigenvalue weighted by atomic mass is 9.76. The molecule has 0 bridgehead atoms. The van der Waals surface area contributed by atoms with Gasteiger partial charge < -0.3 is 10.6 Å². The normalized spacial score (nSPS) is 26.8. The second-order valence-electron chi connectivity index (χ2n) is 6.13. The van der Waals surface area contributed by atoms with Crippen molar-refractivity contribution in [1.82, 2.24) is 9.80 Å². The molecule has 1 aliphatic carbocycles. The van der Waals surface area contributed by atoms with Gasteiger partial charge in [0.1, 0.15) is 0 Å². The molecule has 2 N–H and O–H groups in total. The summed E-state index contributed by atoms with van der Waals surface area (Å²) in [4.78, 5) is 16.4. The Morgan fingerprint density at radius 3 is 2.35 bits per heavy atom. The van der Waals surface area contributed by atoms with Crippen LogP contribution < -0.4 is 5.73 Å². The number of likely N-dealkylation sites (N-methyl/N-ethyl adjacent to an activating group) is 2. The Bertz CT molecular complexity index is 291. The van der Waals surface area contributed by atoms with Gasteiger partial charge in [-0.2, -0.15) is 0 Å². The zero-order valence-electron chi connectivity index (χ0n) is 13.8. The number of carbonyl (C=O) groups excluding carboxylic acids is 1. The second-order valence-corrected chi connectivity index (χ2v) is 6.13. The number of nitrogens with zero attached hydrogens (tertiary/aromatic N) is 2. The zero-order chi connectivity index (χ0) is 15.1. The van der Waals surface area contributed by atoms with E-state index >= 15 is 0 Å². The zero-order valence-corrected chi connectivity index (χ0v) is 13.8. The van der Waals surface area contributed by atoms with E-state index in [0.717, 1.165) is 25.6 Å². The van der Waals surface area contributed by atoms with Crippen molar-refractivity contribution in [2.24, 2.45) is 17.6 Å². The molecule has 4 heteroatoms. The van der Waals surface area contributed by atoms with Crippen LogP contribution in [0.4, 0.5) is 0 Å². The van der Waals surface area contributed by atoms with Crippen LogP contribution >= 0.6 is 0 Å². The van der Waals surface area contributed by atoms with Gasteiger partial charge in [-0.1, -0.05) is 19.8 Å². The third kappa shape index (κ3) is 4.45. The molecule has 0 radical (unpaired) electrons. The van der Waals surface area contributed by atoms with Crippen LogP contribution in [0.1, 0.15) is 46.5 Å². The number of hydrogen-bond acceptors (Lipinski definition) is 3. The van der Waals surface area contributed by atoms with Crippen LogP contribution in [-0.4, -0.2) is 55.0 Å². The first kappa shape index (κ1) is 17.4. The van der Waals surface area contributed by atoms with Gasteiger partial charge in [-0.05, 0) is 52.1 Å². The van der Waals surface area contributed by atoms with Crippen molar-refractivity contribution in [1.29, 1.82) is 0 Å². The van der Waals surface area contributed by atoms with E-state index in [1.54, 1.807) is 0 Å². The molecule has 0 aliphatic heterocycles. The summed E-state index contributed by atoms with van der Waals surface area (Å²) in [6.07, 6.45) is 4.95. The molecule has 0 heterocycles. The Hall–Kier alpha value is -0.610. The molecule has 1 saturated carbocycles. The quantitative estimate of drug-likeness (QED) is 0.777. The molecule has 0 spiro atoms. The molecule has 0 aromatic rings. The molecular weight excluding hydrogens is 250 g/mol. The molecular formula is C16H33N3O. The van der Waals surface area contributed by atoms with Gasteiger partial charge >= 0.3 is 0 Å². The first-order valence-corrected chi connectivity index (χ1v) is 8.25. The molecule has 0 aromatic heterocycles. The molecule has 1 amide bonds. The third-order valence-electron chi connectivity index (χ3n) is 5.01. The van der Waals surface area contributed by atoms with Gasteiger partial charge in [0.25, 0.3) is 0 Å². The third-order valence-corrected chi connectivity index (χ3v) is 5.01. The maximum absolute atomic E-state index is 12.3. The Balaban J connectivity index is 2.62. The average Bonchev–Trinajstić information content (AvgIpc) is 2.47. The summed E-state index contributed by atoms with van der Waals surface area (Å²) in [5.41, 5.74) is 5.94. The van der Waals surface area contributed by atoms with Crippen molar-refractivity contribution >= 4 is 5.91 Å². The van der Waals surface area contributed by atoms with Gasteiger partial charge in [0.15, 0.2) is 0 Å². The molecule has 0 aromatic carbocycles. The van der Waals surface area contributed by atoms with E-state index < -0.39 is 0 Å². The van der Waals surface area contributed by atoms with Crippen LogP contribution in [0.5, 0.6) is 0 Å². The second kappa shape index (κ2) is 8.63. The minimum Gasteiger partial charge on any atom is -0.342 e. The van der Waals surface area contributed by atoms with Crippen LogP contribution in [0.2, 0.25) is 0 Å². The number of amides is 1. The van der Waals surface area contributed by atoms with Gasteiger partial charge in [-0.3, -0.25) is 9.69 Å². The van der Waals surface area contributed by atoms with Crippen molar-refractivity contribution in [3.8, 4) is 0 Å². The maximum Gasteiger partial charge on any atom is 0.236 e. The molecule has 3 unspecified atom stereocenters. The maximum atomic E-state index is 12.3. The molecule has 4 nitrogen and oxygen atoms in total. The lowest BCUT2D eigenvalue weighted by Crippen LogP contribution is -2.49. The number of nitrogens with two attached hydrogens (primary N) is 1. The predicted molar refractivity (Wildman–Crippen MR) is 84.5 cm³/mol. The van der Waals surface area contributed by atoms with E-state index in [4.69, 9.17) is 5.73 Å². The van der Waals surface area contributed by atoms with E-state index in [-0.39, 0.29) is 5.91 Å². The number of rotatable bonds is 7. The van der Waals surface area contributed by atoms with E-state index in [1.807, 2.05) is 18.7 Å². The summed E-state index contributed by atoms with van der Waals surface area (Å²) in [6.45, 7) is 9.21. The minimum absolute atomic E-state index is 0.242. The van der Waals surface area contributed by atoms with Crippen LogP contribution in [0.25, 0.3) is 0 Å². The fourth-order valence-corrected chi connectivity index (χ4v) is 3.49. The molecule has 1 aliphatic rings. The molecule has 0 saturated heterocycles. The summed E-state index contributed by atoms with van der Waals surface area (Å²) in [5.74, 6) is 1.59. The Kier molecular flexibility index (Phi) is 7.52. The molecule has 118 valence electrons. The lowest BCUT2D eigenvalue weighted by molar-refractivity contribution is -0.132. The van der Waals surface area contributed by atoms with Gasteiger partial charge in [-0.25, -0.2) is 0 Å². The molecule has 1 rings (SSSR count). The van der Waals surface area contributed by atoms with Gasteiger partial charge in [0.2, 0.25) is 5.91 Å². The van der Waals surface area contributed by atoms with E-state index in [1.165, 1.54) is 25.7 Å². The average molecular weight is 283 g/mol. The highest BCUT2D eigenvalue weighted by Crippen LogP contribution is 2.33. The molecule has 3 atom stereocenters. The monoisotopic (exact) mass is 283 g/mol. The first-order chi connectivity index (χ1) is 9.57. The van der Waals surface area contributed by atoms with E-state index in [9.17, 15) is 4.79 Å². The van der Waals surface area contributed by atoms with Crippen molar-refractivity contribution in [2.45, 2.75) is 52.5 Å². The van der Waals surface area contributed by atoms with E-state index in [2.05, 4.69) is 18.9 Å². The summed E-state index contributed by atoms with van der Waals surface area (Å²) in [5, 5.41) is 0. The van der Waals surface area contributed by atoms with Gasteiger partial charge in [-0.15, -0.1) is 0 Å².